The van der Waals surface area contributed by atoms with E-state index in [1.807, 2.05) is 18.5 Å². The number of benzene rings is 1. The normalized spacial score (nSPS) is 26.6. The number of hydrogen-bond donors (Lipinski definition) is 1. The number of nitriles is 1. The van der Waals surface area contributed by atoms with Gasteiger partial charge in [0.2, 0.25) is 0 Å². The summed E-state index contributed by atoms with van der Waals surface area (Å²) in [4.78, 5) is 0. The Morgan fingerprint density at radius 3 is 3.00 bits per heavy atom. The molecule has 0 spiro atoms. The number of aromatic nitrogens is 1. The highest BCUT2D eigenvalue weighted by atomic mass is 79.9. The summed E-state index contributed by atoms with van der Waals surface area (Å²) in [5, 5.41) is 12.7. The van der Waals surface area contributed by atoms with Crippen LogP contribution in [0.2, 0.25) is 0 Å². The Morgan fingerprint density at radius 1 is 1.29 bits per heavy atom. The second-order valence-electron chi connectivity index (χ2n) is 5.97. The molecule has 1 N–H and O–H groups in total. The van der Waals surface area contributed by atoms with Crippen molar-refractivity contribution >= 4 is 21.6 Å². The number of nitrogens with one attached hydrogen (secondary N) is 1. The van der Waals surface area contributed by atoms with Crippen molar-refractivity contribution < 1.29 is 0 Å². The molecular formula is C17H16BrN3. The molecule has 2 aromatic rings. The van der Waals surface area contributed by atoms with Crippen LogP contribution in [0.1, 0.15) is 42.3 Å². The van der Waals surface area contributed by atoms with E-state index in [9.17, 15) is 0 Å². The van der Waals surface area contributed by atoms with Gasteiger partial charge >= 0.3 is 0 Å². The quantitative estimate of drug-likeness (QED) is 0.833. The van der Waals surface area contributed by atoms with E-state index < -0.39 is 0 Å². The van der Waals surface area contributed by atoms with Crippen molar-refractivity contribution in [2.75, 3.05) is 5.32 Å². The first-order chi connectivity index (χ1) is 10.3. The second kappa shape index (κ2) is 4.92. The van der Waals surface area contributed by atoms with Crippen molar-refractivity contribution in [3.05, 3.63) is 52.3 Å². The lowest BCUT2D eigenvalue weighted by Gasteiger charge is -2.35. The lowest BCUT2D eigenvalue weighted by atomic mass is 9.79. The van der Waals surface area contributed by atoms with Gasteiger partial charge in [-0.25, -0.2) is 0 Å². The molecule has 3 nitrogen and oxygen atoms in total. The molecule has 21 heavy (non-hydrogen) atoms. The van der Waals surface area contributed by atoms with Gasteiger partial charge in [-0.1, -0.05) is 22.4 Å². The third-order valence-corrected chi connectivity index (χ3v) is 5.32. The Kier molecular flexibility index (Phi) is 3.04. The first-order valence-electron chi connectivity index (χ1n) is 7.40. The lowest BCUT2D eigenvalue weighted by Crippen LogP contribution is -2.35. The van der Waals surface area contributed by atoms with Gasteiger partial charge in [0, 0.05) is 28.5 Å². The summed E-state index contributed by atoms with van der Waals surface area (Å²) >= 11 is 3.59. The fourth-order valence-corrected chi connectivity index (χ4v) is 4.27. The molecule has 0 radical (unpaired) electrons. The minimum atomic E-state index is 0.428. The molecule has 2 heterocycles. The predicted molar refractivity (Wildman–Crippen MR) is 86.3 cm³/mol. The Hall–Kier alpha value is -1.73. The molecular weight excluding hydrogens is 326 g/mol. The Morgan fingerprint density at radius 2 is 2.19 bits per heavy atom. The highest BCUT2D eigenvalue weighted by Crippen LogP contribution is 2.48. The van der Waals surface area contributed by atoms with Crippen molar-refractivity contribution in [3.63, 3.8) is 0 Å². The zero-order chi connectivity index (χ0) is 14.4. The molecule has 3 atom stereocenters. The van der Waals surface area contributed by atoms with Gasteiger partial charge in [0.15, 0.2) is 0 Å². The van der Waals surface area contributed by atoms with E-state index >= 15 is 0 Å². The molecule has 4 heteroatoms. The summed E-state index contributed by atoms with van der Waals surface area (Å²) < 4.78 is 3.38. The van der Waals surface area contributed by atoms with Crippen LogP contribution < -0.4 is 5.32 Å². The van der Waals surface area contributed by atoms with Gasteiger partial charge in [-0.05, 0) is 42.7 Å². The van der Waals surface area contributed by atoms with E-state index in [2.05, 4.69) is 50.1 Å². The highest BCUT2D eigenvalue weighted by Gasteiger charge is 2.40. The first-order valence-corrected chi connectivity index (χ1v) is 8.19. The molecule has 0 bridgehead atoms. The molecule has 1 aromatic carbocycles. The average Bonchev–Trinajstić information content (AvgIpc) is 3.11. The van der Waals surface area contributed by atoms with E-state index in [0.717, 1.165) is 10.0 Å². The molecule has 1 aromatic heterocycles. The van der Waals surface area contributed by atoms with Crippen LogP contribution in [0.5, 0.6) is 0 Å². The minimum Gasteiger partial charge on any atom is -0.379 e. The summed E-state index contributed by atoms with van der Waals surface area (Å²) in [6.45, 7) is 0. The lowest BCUT2D eigenvalue weighted by molar-refractivity contribution is 0.300. The zero-order valence-corrected chi connectivity index (χ0v) is 13.2. The van der Waals surface area contributed by atoms with Gasteiger partial charge in [0.1, 0.15) is 6.07 Å². The largest absolute Gasteiger partial charge is 0.379 e. The van der Waals surface area contributed by atoms with E-state index in [1.165, 1.54) is 30.5 Å². The molecule has 1 aliphatic heterocycles. The highest BCUT2D eigenvalue weighted by molar-refractivity contribution is 9.10. The van der Waals surface area contributed by atoms with Crippen LogP contribution >= 0.6 is 15.9 Å². The van der Waals surface area contributed by atoms with E-state index in [4.69, 9.17) is 5.26 Å². The topological polar surface area (TPSA) is 40.8 Å². The molecule has 3 unspecified atom stereocenters. The summed E-state index contributed by atoms with van der Waals surface area (Å²) in [5.41, 5.74) is 3.45. The maximum Gasteiger partial charge on any atom is 0.101 e. The minimum absolute atomic E-state index is 0.428. The smallest absolute Gasteiger partial charge is 0.101 e. The summed E-state index contributed by atoms with van der Waals surface area (Å²) in [6, 6.07) is 11.5. The number of hydrogen-bond acceptors (Lipinski definition) is 2. The van der Waals surface area contributed by atoms with Crippen molar-refractivity contribution in [2.24, 2.45) is 0 Å². The predicted octanol–water partition coefficient (Wildman–Crippen LogP) is 4.43. The van der Waals surface area contributed by atoms with Crippen LogP contribution in [0.15, 0.2) is 41.1 Å². The van der Waals surface area contributed by atoms with Crippen molar-refractivity contribution in [1.29, 1.82) is 5.26 Å². The standard InChI is InChI=1S/C17H16BrN3/c18-12-4-5-15-14(8-12)13-2-1-3-16(17(13)20-15)21-7-6-11(9-19)10-21/h4-8,10,13,16-17,20H,1-3H2. The second-order valence-corrected chi connectivity index (χ2v) is 6.88. The maximum absolute atomic E-state index is 9.03. The summed E-state index contributed by atoms with van der Waals surface area (Å²) in [6.07, 6.45) is 7.67. The van der Waals surface area contributed by atoms with Crippen LogP contribution in [-0.4, -0.2) is 10.6 Å². The van der Waals surface area contributed by atoms with Crippen LogP contribution in [-0.2, 0) is 0 Å². The average molecular weight is 342 g/mol. The number of halogens is 1. The monoisotopic (exact) mass is 341 g/mol. The number of nitrogens with zero attached hydrogens (tertiary/aromatic N) is 2. The van der Waals surface area contributed by atoms with Crippen LogP contribution in [0.25, 0.3) is 0 Å². The molecule has 1 fully saturated rings. The molecule has 106 valence electrons. The van der Waals surface area contributed by atoms with Crippen molar-refractivity contribution in [2.45, 2.75) is 37.3 Å². The maximum atomic E-state index is 9.03. The van der Waals surface area contributed by atoms with Gasteiger partial charge in [-0.2, -0.15) is 5.26 Å². The molecule has 0 amide bonds. The van der Waals surface area contributed by atoms with E-state index in [1.54, 1.807) is 0 Å². The SMILES string of the molecule is N#Cc1ccn(C2CCCC3c4cc(Br)ccc4NC32)c1. The van der Waals surface area contributed by atoms with Crippen molar-refractivity contribution in [1.82, 2.24) is 4.57 Å². The summed E-state index contributed by atoms with van der Waals surface area (Å²) in [5.74, 6) is 0.573. The van der Waals surface area contributed by atoms with Crippen molar-refractivity contribution in [3.8, 4) is 6.07 Å². The van der Waals surface area contributed by atoms with E-state index in [0.29, 0.717) is 18.0 Å². The summed E-state index contributed by atoms with van der Waals surface area (Å²) in [7, 11) is 0. The molecule has 1 saturated carbocycles. The van der Waals surface area contributed by atoms with Crippen LogP contribution in [0.3, 0.4) is 0 Å². The molecule has 0 saturated heterocycles. The Labute approximate surface area is 132 Å². The molecule has 2 aliphatic rings. The van der Waals surface area contributed by atoms with E-state index in [-0.39, 0.29) is 0 Å². The van der Waals surface area contributed by atoms with Gasteiger partial charge in [0.25, 0.3) is 0 Å². The van der Waals surface area contributed by atoms with Gasteiger partial charge in [-0.3, -0.25) is 0 Å². The molecule has 4 rings (SSSR count). The fourth-order valence-electron chi connectivity index (χ4n) is 3.89. The Bertz CT molecular complexity index is 728. The third kappa shape index (κ3) is 2.08. The van der Waals surface area contributed by atoms with Crippen LogP contribution in [0.4, 0.5) is 5.69 Å². The third-order valence-electron chi connectivity index (χ3n) is 4.82. The van der Waals surface area contributed by atoms with Gasteiger partial charge in [-0.15, -0.1) is 0 Å². The fraction of sp³-hybridized carbons (Fsp3) is 0.353. The number of anilines is 1. The molecule has 1 aliphatic carbocycles. The Balaban J connectivity index is 1.69. The zero-order valence-electron chi connectivity index (χ0n) is 11.6. The first kappa shape index (κ1) is 13.0. The van der Waals surface area contributed by atoms with Gasteiger partial charge < -0.3 is 9.88 Å². The van der Waals surface area contributed by atoms with Crippen LogP contribution in [0, 0.1) is 11.3 Å². The number of rotatable bonds is 1. The number of fused-ring (bicyclic) bond motifs is 3. The van der Waals surface area contributed by atoms with Gasteiger partial charge in [0.05, 0.1) is 17.6 Å².